The maximum atomic E-state index is 5.74. The van der Waals surface area contributed by atoms with Crippen LogP contribution in [0.4, 0.5) is 0 Å². The fraction of sp³-hybridized carbons (Fsp3) is 0.600. The first-order chi connectivity index (χ1) is 9.33. The third-order valence-electron chi connectivity index (χ3n) is 2.86. The average molecular weight is 267 g/mol. The van der Waals surface area contributed by atoms with Gasteiger partial charge in [0.05, 0.1) is 14.2 Å². The summed E-state index contributed by atoms with van der Waals surface area (Å²) < 4.78 is 16.3. The van der Waals surface area contributed by atoms with Crippen molar-refractivity contribution in [1.82, 2.24) is 5.32 Å². The highest BCUT2D eigenvalue weighted by atomic mass is 16.5. The van der Waals surface area contributed by atoms with Gasteiger partial charge in [-0.3, -0.25) is 0 Å². The number of rotatable bonds is 10. The van der Waals surface area contributed by atoms with E-state index in [1.54, 1.807) is 14.2 Å². The molecule has 0 radical (unpaired) electrons. The number of hydrogen-bond donors (Lipinski definition) is 1. The standard InChI is InChI=1S/C15H25NO3/c1-4-5-6-10-16-11-12-19-15-13(17-2)8-7-9-14(15)18-3/h7-9,16H,4-6,10-12H2,1-3H3. The van der Waals surface area contributed by atoms with Gasteiger partial charge in [0.25, 0.3) is 0 Å². The molecule has 0 aromatic heterocycles. The third-order valence-corrected chi connectivity index (χ3v) is 2.86. The third kappa shape index (κ3) is 5.39. The summed E-state index contributed by atoms with van der Waals surface area (Å²) in [5.74, 6) is 2.07. The summed E-state index contributed by atoms with van der Waals surface area (Å²) in [5, 5.41) is 3.36. The Bertz CT molecular complexity index is 333. The second-order valence-corrected chi connectivity index (χ2v) is 4.30. The van der Waals surface area contributed by atoms with Gasteiger partial charge in [0.15, 0.2) is 11.5 Å². The number of unbranched alkanes of at least 4 members (excludes halogenated alkanes) is 2. The van der Waals surface area contributed by atoms with Crippen molar-refractivity contribution in [3.63, 3.8) is 0 Å². The second-order valence-electron chi connectivity index (χ2n) is 4.30. The SMILES string of the molecule is CCCCCNCCOc1c(OC)cccc1OC. The highest BCUT2D eigenvalue weighted by Gasteiger charge is 2.10. The quantitative estimate of drug-likeness (QED) is 0.662. The molecule has 0 aliphatic rings. The first kappa shape index (κ1) is 15.6. The zero-order valence-electron chi connectivity index (χ0n) is 12.2. The minimum Gasteiger partial charge on any atom is -0.493 e. The first-order valence-electron chi connectivity index (χ1n) is 6.88. The number of ether oxygens (including phenoxy) is 3. The molecule has 0 heterocycles. The van der Waals surface area contributed by atoms with E-state index in [0.29, 0.717) is 23.9 Å². The summed E-state index contributed by atoms with van der Waals surface area (Å²) in [4.78, 5) is 0. The smallest absolute Gasteiger partial charge is 0.203 e. The molecule has 1 rings (SSSR count). The van der Waals surface area contributed by atoms with Crippen LogP contribution < -0.4 is 19.5 Å². The minimum atomic E-state index is 0.600. The molecular formula is C15H25NO3. The molecule has 108 valence electrons. The fourth-order valence-electron chi connectivity index (χ4n) is 1.81. The number of hydrogen-bond acceptors (Lipinski definition) is 4. The highest BCUT2D eigenvalue weighted by molar-refractivity contribution is 5.51. The van der Waals surface area contributed by atoms with Gasteiger partial charge in [-0.2, -0.15) is 0 Å². The van der Waals surface area contributed by atoms with Crippen LogP contribution in [0.15, 0.2) is 18.2 Å². The van der Waals surface area contributed by atoms with E-state index in [0.717, 1.165) is 13.1 Å². The van der Waals surface area contributed by atoms with Crippen molar-refractivity contribution in [3.05, 3.63) is 18.2 Å². The predicted octanol–water partition coefficient (Wildman–Crippen LogP) is 2.86. The molecular weight excluding hydrogens is 242 g/mol. The number of methoxy groups -OCH3 is 2. The Balaban J connectivity index is 2.35. The zero-order chi connectivity index (χ0) is 13.9. The van der Waals surface area contributed by atoms with Crippen LogP contribution in [0.3, 0.4) is 0 Å². The van der Waals surface area contributed by atoms with E-state index in [1.165, 1.54) is 19.3 Å². The Morgan fingerprint density at radius 2 is 1.68 bits per heavy atom. The summed E-state index contributed by atoms with van der Waals surface area (Å²) >= 11 is 0. The predicted molar refractivity (Wildman–Crippen MR) is 77.4 cm³/mol. The Morgan fingerprint density at radius 3 is 2.26 bits per heavy atom. The second kappa shape index (κ2) is 9.50. The summed E-state index contributed by atoms with van der Waals surface area (Å²) in [7, 11) is 3.26. The van der Waals surface area contributed by atoms with E-state index in [4.69, 9.17) is 14.2 Å². The van der Waals surface area contributed by atoms with Gasteiger partial charge in [-0.05, 0) is 25.1 Å². The van der Waals surface area contributed by atoms with Crippen LogP contribution in [0.2, 0.25) is 0 Å². The van der Waals surface area contributed by atoms with Crippen molar-refractivity contribution in [2.75, 3.05) is 33.9 Å². The molecule has 0 amide bonds. The van der Waals surface area contributed by atoms with E-state index >= 15 is 0 Å². The maximum Gasteiger partial charge on any atom is 0.203 e. The zero-order valence-corrected chi connectivity index (χ0v) is 12.2. The van der Waals surface area contributed by atoms with Crippen molar-refractivity contribution >= 4 is 0 Å². The monoisotopic (exact) mass is 267 g/mol. The molecule has 0 bridgehead atoms. The van der Waals surface area contributed by atoms with Gasteiger partial charge in [-0.15, -0.1) is 0 Å². The maximum absolute atomic E-state index is 5.74. The Hall–Kier alpha value is -1.42. The van der Waals surface area contributed by atoms with Crippen LogP contribution in [-0.4, -0.2) is 33.9 Å². The molecule has 0 saturated carbocycles. The first-order valence-corrected chi connectivity index (χ1v) is 6.88. The lowest BCUT2D eigenvalue weighted by Crippen LogP contribution is -2.22. The van der Waals surface area contributed by atoms with Crippen LogP contribution in [0.5, 0.6) is 17.2 Å². The van der Waals surface area contributed by atoms with E-state index in [2.05, 4.69) is 12.2 Å². The van der Waals surface area contributed by atoms with Gasteiger partial charge in [0, 0.05) is 6.54 Å². The molecule has 1 aromatic carbocycles. The number of para-hydroxylation sites is 1. The fourth-order valence-corrected chi connectivity index (χ4v) is 1.81. The topological polar surface area (TPSA) is 39.7 Å². The lowest BCUT2D eigenvalue weighted by Gasteiger charge is -2.14. The minimum absolute atomic E-state index is 0.600. The summed E-state index contributed by atoms with van der Waals surface area (Å²) in [6.07, 6.45) is 3.74. The van der Waals surface area contributed by atoms with E-state index in [1.807, 2.05) is 18.2 Å². The molecule has 0 unspecified atom stereocenters. The molecule has 0 saturated heterocycles. The molecule has 1 N–H and O–H groups in total. The summed E-state index contributed by atoms with van der Waals surface area (Å²) in [5.41, 5.74) is 0. The largest absolute Gasteiger partial charge is 0.493 e. The molecule has 0 atom stereocenters. The lowest BCUT2D eigenvalue weighted by molar-refractivity contribution is 0.273. The van der Waals surface area contributed by atoms with Gasteiger partial charge in [0.2, 0.25) is 5.75 Å². The van der Waals surface area contributed by atoms with Gasteiger partial charge >= 0.3 is 0 Å². The molecule has 4 nitrogen and oxygen atoms in total. The van der Waals surface area contributed by atoms with Crippen LogP contribution in [0.25, 0.3) is 0 Å². The molecule has 0 spiro atoms. The lowest BCUT2D eigenvalue weighted by atomic mass is 10.2. The molecule has 0 fully saturated rings. The van der Waals surface area contributed by atoms with E-state index in [-0.39, 0.29) is 0 Å². The van der Waals surface area contributed by atoms with Gasteiger partial charge in [0.1, 0.15) is 6.61 Å². The molecule has 4 heteroatoms. The van der Waals surface area contributed by atoms with Crippen molar-refractivity contribution in [2.24, 2.45) is 0 Å². The van der Waals surface area contributed by atoms with Crippen molar-refractivity contribution in [3.8, 4) is 17.2 Å². The summed E-state index contributed by atoms with van der Waals surface area (Å²) in [6.45, 7) is 4.67. The Kier molecular flexibility index (Phi) is 7.82. The molecule has 1 aromatic rings. The van der Waals surface area contributed by atoms with Gasteiger partial charge < -0.3 is 19.5 Å². The van der Waals surface area contributed by atoms with Crippen molar-refractivity contribution in [1.29, 1.82) is 0 Å². The van der Waals surface area contributed by atoms with Crippen LogP contribution in [-0.2, 0) is 0 Å². The average Bonchev–Trinajstić information content (AvgIpc) is 2.46. The number of benzene rings is 1. The summed E-state index contributed by atoms with van der Waals surface area (Å²) in [6, 6.07) is 5.62. The van der Waals surface area contributed by atoms with Crippen LogP contribution in [0.1, 0.15) is 26.2 Å². The molecule has 0 aliphatic heterocycles. The van der Waals surface area contributed by atoms with E-state index < -0.39 is 0 Å². The Labute approximate surface area is 116 Å². The molecule has 19 heavy (non-hydrogen) atoms. The van der Waals surface area contributed by atoms with Crippen LogP contribution in [0, 0.1) is 0 Å². The normalized spacial score (nSPS) is 10.3. The van der Waals surface area contributed by atoms with Crippen molar-refractivity contribution < 1.29 is 14.2 Å². The van der Waals surface area contributed by atoms with Crippen molar-refractivity contribution in [2.45, 2.75) is 26.2 Å². The van der Waals surface area contributed by atoms with Gasteiger partial charge in [-0.25, -0.2) is 0 Å². The van der Waals surface area contributed by atoms with Crippen LogP contribution >= 0.6 is 0 Å². The number of nitrogens with one attached hydrogen (secondary N) is 1. The van der Waals surface area contributed by atoms with Gasteiger partial charge in [-0.1, -0.05) is 25.8 Å². The highest BCUT2D eigenvalue weighted by Crippen LogP contribution is 2.36. The van der Waals surface area contributed by atoms with E-state index in [9.17, 15) is 0 Å². The Morgan fingerprint density at radius 1 is 1.00 bits per heavy atom. The molecule has 0 aliphatic carbocycles.